The van der Waals surface area contributed by atoms with Crippen molar-refractivity contribution in [1.29, 1.82) is 0 Å². The third kappa shape index (κ3) is 6.49. The number of aliphatic imine (C=N–C) groups is 1. The van der Waals surface area contributed by atoms with Gasteiger partial charge in [-0.15, -0.1) is 24.0 Å². The van der Waals surface area contributed by atoms with E-state index in [0.29, 0.717) is 41.3 Å². The first-order valence-electron chi connectivity index (χ1n) is 7.76. The van der Waals surface area contributed by atoms with E-state index in [4.69, 9.17) is 20.8 Å². The third-order valence-corrected chi connectivity index (χ3v) is 3.75. The van der Waals surface area contributed by atoms with E-state index in [2.05, 4.69) is 20.6 Å². The highest BCUT2D eigenvalue weighted by molar-refractivity contribution is 14.0. The number of carbonyl (C=O) groups is 1. The molecule has 2 aromatic heterocycles. The summed E-state index contributed by atoms with van der Waals surface area (Å²) in [6.07, 6.45) is 2.54. The number of carbonyl (C=O) groups excluding carboxylic acids is 1. The van der Waals surface area contributed by atoms with Crippen LogP contribution in [-0.2, 0) is 17.7 Å². The standard InChI is InChI=1S/C17H21ClN4O3.HI/c1-11-14(16(23)24-3)8-13(25-11)10-22-17(19-2)20-7-6-12-4-5-15(18)21-9-12;/h4-5,8-9H,6-7,10H2,1-3H3,(H2,19,20,22);1H. The zero-order valence-electron chi connectivity index (χ0n) is 14.8. The van der Waals surface area contributed by atoms with Crippen LogP contribution in [0, 0.1) is 6.92 Å². The van der Waals surface area contributed by atoms with E-state index >= 15 is 0 Å². The van der Waals surface area contributed by atoms with Gasteiger partial charge in [-0.3, -0.25) is 4.99 Å². The number of aryl methyl sites for hydroxylation is 1. The molecule has 0 saturated heterocycles. The topological polar surface area (TPSA) is 88.8 Å². The highest BCUT2D eigenvalue weighted by atomic mass is 127. The van der Waals surface area contributed by atoms with Crippen molar-refractivity contribution in [3.8, 4) is 0 Å². The summed E-state index contributed by atoms with van der Waals surface area (Å²) in [6.45, 7) is 2.82. The maximum Gasteiger partial charge on any atom is 0.341 e. The summed E-state index contributed by atoms with van der Waals surface area (Å²) in [5, 5.41) is 6.82. The average molecular weight is 493 g/mol. The molecule has 0 saturated carbocycles. The average Bonchev–Trinajstić information content (AvgIpc) is 2.99. The predicted molar refractivity (Wildman–Crippen MR) is 111 cm³/mol. The molecule has 26 heavy (non-hydrogen) atoms. The van der Waals surface area contributed by atoms with Crippen molar-refractivity contribution in [3.05, 3.63) is 52.2 Å². The van der Waals surface area contributed by atoms with Gasteiger partial charge in [0.1, 0.15) is 22.2 Å². The number of methoxy groups -OCH3 is 1. The van der Waals surface area contributed by atoms with Crippen molar-refractivity contribution in [2.45, 2.75) is 19.9 Å². The lowest BCUT2D eigenvalue weighted by Crippen LogP contribution is -2.37. The second kappa shape index (κ2) is 11.0. The number of ether oxygens (including phenoxy) is 1. The summed E-state index contributed by atoms with van der Waals surface area (Å²) in [7, 11) is 3.03. The maximum atomic E-state index is 11.6. The Morgan fingerprint density at radius 2 is 2.15 bits per heavy atom. The summed E-state index contributed by atoms with van der Waals surface area (Å²) in [6, 6.07) is 5.37. The van der Waals surface area contributed by atoms with Gasteiger partial charge in [-0.25, -0.2) is 9.78 Å². The fraction of sp³-hybridized carbons (Fsp3) is 0.353. The van der Waals surface area contributed by atoms with Crippen LogP contribution in [0.25, 0.3) is 0 Å². The minimum Gasteiger partial charge on any atom is -0.465 e. The zero-order chi connectivity index (χ0) is 18.2. The molecule has 0 aromatic carbocycles. The highest BCUT2D eigenvalue weighted by Crippen LogP contribution is 2.15. The molecule has 142 valence electrons. The second-order valence-electron chi connectivity index (χ2n) is 5.27. The second-order valence-corrected chi connectivity index (χ2v) is 5.65. The molecule has 0 atom stereocenters. The van der Waals surface area contributed by atoms with E-state index in [1.807, 2.05) is 6.07 Å². The van der Waals surface area contributed by atoms with Crippen LogP contribution in [0.5, 0.6) is 0 Å². The van der Waals surface area contributed by atoms with Crippen molar-refractivity contribution >= 4 is 47.5 Å². The Labute approximate surface area is 174 Å². The molecule has 2 rings (SSSR count). The number of nitrogens with zero attached hydrogens (tertiary/aromatic N) is 2. The van der Waals surface area contributed by atoms with E-state index in [1.54, 1.807) is 32.3 Å². The molecule has 2 N–H and O–H groups in total. The molecule has 0 radical (unpaired) electrons. The van der Waals surface area contributed by atoms with E-state index < -0.39 is 5.97 Å². The largest absolute Gasteiger partial charge is 0.465 e. The van der Waals surface area contributed by atoms with Gasteiger partial charge in [-0.1, -0.05) is 17.7 Å². The lowest BCUT2D eigenvalue weighted by molar-refractivity contribution is 0.0599. The number of halogens is 2. The number of nitrogens with one attached hydrogen (secondary N) is 2. The van der Waals surface area contributed by atoms with Gasteiger partial charge in [0, 0.05) is 19.8 Å². The number of aromatic nitrogens is 1. The van der Waals surface area contributed by atoms with Crippen molar-refractivity contribution < 1.29 is 13.9 Å². The Balaban J connectivity index is 0.00000338. The molecule has 2 heterocycles. The molecule has 0 aliphatic heterocycles. The molecule has 9 heteroatoms. The monoisotopic (exact) mass is 492 g/mol. The van der Waals surface area contributed by atoms with Gasteiger partial charge >= 0.3 is 5.97 Å². The van der Waals surface area contributed by atoms with Crippen LogP contribution < -0.4 is 10.6 Å². The fourth-order valence-corrected chi connectivity index (χ4v) is 2.33. The molecule has 0 unspecified atom stereocenters. The van der Waals surface area contributed by atoms with Crippen LogP contribution in [0.15, 0.2) is 33.8 Å². The Bertz CT molecular complexity index is 747. The normalized spacial score (nSPS) is 10.8. The van der Waals surface area contributed by atoms with Crippen LogP contribution in [0.3, 0.4) is 0 Å². The summed E-state index contributed by atoms with van der Waals surface area (Å²) in [4.78, 5) is 19.8. The number of hydrogen-bond acceptors (Lipinski definition) is 5. The van der Waals surface area contributed by atoms with Gasteiger partial charge in [-0.2, -0.15) is 0 Å². The number of hydrogen-bond donors (Lipinski definition) is 2. The van der Waals surface area contributed by atoms with Gasteiger partial charge in [0.25, 0.3) is 0 Å². The van der Waals surface area contributed by atoms with Gasteiger partial charge in [0.2, 0.25) is 0 Å². The van der Waals surface area contributed by atoms with Crippen molar-refractivity contribution in [2.75, 3.05) is 20.7 Å². The minimum absolute atomic E-state index is 0. The number of esters is 1. The minimum atomic E-state index is -0.411. The zero-order valence-corrected chi connectivity index (χ0v) is 17.9. The molecule has 0 amide bonds. The number of pyridine rings is 1. The number of rotatable bonds is 6. The lowest BCUT2D eigenvalue weighted by Gasteiger charge is -2.10. The Kier molecular flexibility index (Phi) is 9.42. The first-order valence-corrected chi connectivity index (χ1v) is 8.14. The molecule has 0 bridgehead atoms. The summed E-state index contributed by atoms with van der Waals surface area (Å²) >= 11 is 5.77. The van der Waals surface area contributed by atoms with Crippen LogP contribution in [0.4, 0.5) is 0 Å². The summed E-state index contributed by atoms with van der Waals surface area (Å²) in [5.41, 5.74) is 1.51. The van der Waals surface area contributed by atoms with E-state index in [0.717, 1.165) is 12.0 Å². The highest BCUT2D eigenvalue weighted by Gasteiger charge is 2.15. The molecular formula is C17H22ClIN4O3. The van der Waals surface area contributed by atoms with Crippen LogP contribution in [0.2, 0.25) is 5.15 Å². The van der Waals surface area contributed by atoms with Crippen molar-refractivity contribution in [3.63, 3.8) is 0 Å². The van der Waals surface area contributed by atoms with Gasteiger partial charge in [-0.05, 0) is 31.0 Å². The number of furan rings is 1. The fourth-order valence-electron chi connectivity index (χ4n) is 2.21. The van der Waals surface area contributed by atoms with E-state index in [-0.39, 0.29) is 24.0 Å². The predicted octanol–water partition coefficient (Wildman–Crippen LogP) is 2.95. The quantitative estimate of drug-likeness (QED) is 0.212. The molecule has 0 aliphatic rings. The van der Waals surface area contributed by atoms with E-state index in [9.17, 15) is 4.79 Å². The summed E-state index contributed by atoms with van der Waals surface area (Å²) in [5.74, 6) is 1.38. The third-order valence-electron chi connectivity index (χ3n) is 3.52. The smallest absolute Gasteiger partial charge is 0.341 e. The van der Waals surface area contributed by atoms with Crippen LogP contribution in [-0.4, -0.2) is 37.6 Å². The SMILES string of the molecule is CN=C(NCCc1ccc(Cl)nc1)NCc1cc(C(=O)OC)c(C)o1.I. The van der Waals surface area contributed by atoms with Gasteiger partial charge in [0.05, 0.1) is 13.7 Å². The molecule has 2 aromatic rings. The van der Waals surface area contributed by atoms with Gasteiger partial charge < -0.3 is 19.8 Å². The molecule has 0 fully saturated rings. The Morgan fingerprint density at radius 1 is 1.38 bits per heavy atom. The first-order chi connectivity index (χ1) is 12.0. The summed E-state index contributed by atoms with van der Waals surface area (Å²) < 4.78 is 10.3. The van der Waals surface area contributed by atoms with Gasteiger partial charge in [0.15, 0.2) is 5.96 Å². The maximum absolute atomic E-state index is 11.6. The molecule has 0 aliphatic carbocycles. The van der Waals surface area contributed by atoms with Crippen molar-refractivity contribution in [2.24, 2.45) is 4.99 Å². The Morgan fingerprint density at radius 3 is 2.77 bits per heavy atom. The molecule has 7 nitrogen and oxygen atoms in total. The first kappa shape index (κ1) is 22.2. The number of guanidine groups is 1. The van der Waals surface area contributed by atoms with Crippen LogP contribution >= 0.6 is 35.6 Å². The molecule has 0 spiro atoms. The van der Waals surface area contributed by atoms with Crippen LogP contribution in [0.1, 0.15) is 27.4 Å². The van der Waals surface area contributed by atoms with E-state index in [1.165, 1.54) is 7.11 Å². The lowest BCUT2D eigenvalue weighted by atomic mass is 10.2. The molecular weight excluding hydrogens is 471 g/mol. The Hall–Kier alpha value is -1.81. The van der Waals surface area contributed by atoms with Crippen molar-refractivity contribution in [1.82, 2.24) is 15.6 Å².